The molecule has 2 heterocycles. The zero-order valence-corrected chi connectivity index (χ0v) is 13.7. The number of hydrogen-bond acceptors (Lipinski definition) is 9. The van der Waals surface area contributed by atoms with E-state index in [1.54, 1.807) is 0 Å². The third-order valence-corrected chi connectivity index (χ3v) is 4.54. The number of carbonyl (C=O) groups excluding carboxylic acids is 1. The number of carbonyl (C=O) groups is 1. The van der Waals surface area contributed by atoms with Crippen LogP contribution in [-0.4, -0.2) is 43.1 Å². The molecule has 0 spiro atoms. The maximum Gasteiger partial charge on any atom is 0.315 e. The maximum atomic E-state index is 12.6. The van der Waals surface area contributed by atoms with Gasteiger partial charge < -0.3 is 15.2 Å². The summed E-state index contributed by atoms with van der Waals surface area (Å²) in [6.45, 7) is 0. The molecule has 0 radical (unpaired) electrons. The first-order chi connectivity index (χ1) is 12.5. The van der Waals surface area contributed by atoms with Gasteiger partial charge in [0.2, 0.25) is 11.7 Å². The Morgan fingerprint density at radius 3 is 2.96 bits per heavy atom. The van der Waals surface area contributed by atoms with Crippen LogP contribution in [0.25, 0.3) is 0 Å². The normalized spacial score (nSPS) is 18.8. The fourth-order valence-electron chi connectivity index (χ4n) is 3.39. The lowest BCUT2D eigenvalue weighted by molar-refractivity contribution is -0.386. The molecule has 1 aliphatic heterocycles. The third kappa shape index (κ3) is 2.28. The number of nitro benzene ring substituents is 1. The van der Waals surface area contributed by atoms with Crippen LogP contribution in [0.2, 0.25) is 0 Å². The maximum absolute atomic E-state index is 12.6. The van der Waals surface area contributed by atoms with Gasteiger partial charge in [0.25, 0.3) is 0 Å². The summed E-state index contributed by atoms with van der Waals surface area (Å²) < 4.78 is 6.47. The number of nitro groups is 1. The Bertz CT molecular complexity index is 965. The summed E-state index contributed by atoms with van der Waals surface area (Å²) in [6.07, 6.45) is 1.74. The van der Waals surface area contributed by atoms with E-state index in [-0.39, 0.29) is 11.5 Å². The molecule has 1 atom stereocenters. The number of rotatable bonds is 3. The number of phenols is 1. The SMILES string of the molecule is COc1cc([C@@H]2C3=C(CCCC3=O)Nc3nnnn32)cc([N+](=O)[O-])c1O. The van der Waals surface area contributed by atoms with Crippen molar-refractivity contribution in [1.29, 1.82) is 0 Å². The number of tetrazole rings is 1. The van der Waals surface area contributed by atoms with E-state index in [0.29, 0.717) is 42.0 Å². The smallest absolute Gasteiger partial charge is 0.315 e. The number of methoxy groups -OCH3 is 1. The molecule has 1 aromatic heterocycles. The van der Waals surface area contributed by atoms with Crippen molar-refractivity contribution in [2.45, 2.75) is 25.3 Å². The van der Waals surface area contributed by atoms with E-state index in [2.05, 4.69) is 20.8 Å². The van der Waals surface area contributed by atoms with Crippen LogP contribution in [0.1, 0.15) is 30.9 Å². The van der Waals surface area contributed by atoms with Crippen LogP contribution in [-0.2, 0) is 4.79 Å². The van der Waals surface area contributed by atoms with Crippen molar-refractivity contribution in [2.75, 3.05) is 12.4 Å². The molecule has 11 heteroatoms. The summed E-state index contributed by atoms with van der Waals surface area (Å²) in [5, 5.41) is 35.8. The van der Waals surface area contributed by atoms with E-state index in [9.17, 15) is 20.0 Å². The number of nitrogens with one attached hydrogen (secondary N) is 1. The molecule has 0 saturated carbocycles. The van der Waals surface area contributed by atoms with Crippen LogP contribution in [0, 0.1) is 10.1 Å². The molecule has 2 aliphatic rings. The molecule has 0 fully saturated rings. The van der Waals surface area contributed by atoms with Gasteiger partial charge in [-0.25, -0.2) is 0 Å². The Hall–Kier alpha value is -3.50. The molecule has 0 bridgehead atoms. The molecule has 2 aromatic rings. The number of aromatic hydroxyl groups is 1. The van der Waals surface area contributed by atoms with E-state index in [1.165, 1.54) is 23.9 Å². The molecule has 1 aromatic carbocycles. The van der Waals surface area contributed by atoms with Gasteiger partial charge in [0.15, 0.2) is 11.5 Å². The highest BCUT2D eigenvalue weighted by Gasteiger charge is 2.38. The first-order valence-electron chi connectivity index (χ1n) is 7.87. The van der Waals surface area contributed by atoms with E-state index >= 15 is 0 Å². The van der Waals surface area contributed by atoms with Crippen molar-refractivity contribution in [3.05, 3.63) is 39.1 Å². The monoisotopic (exact) mass is 358 g/mol. The molecule has 2 N–H and O–H groups in total. The predicted molar refractivity (Wildman–Crippen MR) is 86.8 cm³/mol. The number of Topliss-reactive ketones (excluding diaryl/α,β-unsaturated/α-hetero) is 1. The molecule has 26 heavy (non-hydrogen) atoms. The van der Waals surface area contributed by atoms with Gasteiger partial charge in [0, 0.05) is 23.8 Å². The van der Waals surface area contributed by atoms with Crippen molar-refractivity contribution in [2.24, 2.45) is 0 Å². The molecule has 0 saturated heterocycles. The number of phenolic OH excluding ortho intramolecular Hbond substituents is 1. The summed E-state index contributed by atoms with van der Waals surface area (Å²) in [6, 6.07) is 1.93. The lowest BCUT2D eigenvalue weighted by Crippen LogP contribution is -2.31. The summed E-state index contributed by atoms with van der Waals surface area (Å²) >= 11 is 0. The summed E-state index contributed by atoms with van der Waals surface area (Å²) in [4.78, 5) is 23.2. The Morgan fingerprint density at radius 2 is 2.23 bits per heavy atom. The average Bonchev–Trinajstić information content (AvgIpc) is 3.08. The molecule has 1 aliphatic carbocycles. The van der Waals surface area contributed by atoms with Gasteiger partial charge in [-0.3, -0.25) is 14.9 Å². The van der Waals surface area contributed by atoms with E-state index in [4.69, 9.17) is 4.74 Å². The first-order valence-corrected chi connectivity index (χ1v) is 7.87. The number of nitrogens with zero attached hydrogens (tertiary/aromatic N) is 5. The molecular weight excluding hydrogens is 344 g/mol. The average molecular weight is 358 g/mol. The Balaban J connectivity index is 1.96. The number of hydrogen-bond donors (Lipinski definition) is 2. The van der Waals surface area contributed by atoms with Crippen LogP contribution in [0.5, 0.6) is 11.5 Å². The molecule has 0 amide bonds. The lowest BCUT2D eigenvalue weighted by atomic mass is 9.85. The van der Waals surface area contributed by atoms with Gasteiger partial charge in [-0.15, -0.1) is 0 Å². The number of aromatic nitrogens is 4. The van der Waals surface area contributed by atoms with Crippen LogP contribution < -0.4 is 10.1 Å². The van der Waals surface area contributed by atoms with E-state index < -0.39 is 22.4 Å². The van der Waals surface area contributed by atoms with Crippen LogP contribution in [0.4, 0.5) is 11.6 Å². The van der Waals surface area contributed by atoms with E-state index in [1.807, 2.05) is 0 Å². The van der Waals surface area contributed by atoms with Crippen LogP contribution in [0.15, 0.2) is 23.4 Å². The van der Waals surface area contributed by atoms with Gasteiger partial charge in [-0.2, -0.15) is 4.68 Å². The van der Waals surface area contributed by atoms with Gasteiger partial charge in [0.05, 0.1) is 12.0 Å². The Kier molecular flexibility index (Phi) is 3.56. The highest BCUT2D eigenvalue weighted by Crippen LogP contribution is 2.44. The minimum absolute atomic E-state index is 0.0623. The predicted octanol–water partition coefficient (Wildman–Crippen LogP) is 1.32. The largest absolute Gasteiger partial charge is 0.500 e. The zero-order valence-electron chi connectivity index (χ0n) is 13.7. The number of ether oxygens (including phenoxy) is 1. The van der Waals surface area contributed by atoms with Crippen molar-refractivity contribution in [3.63, 3.8) is 0 Å². The highest BCUT2D eigenvalue weighted by molar-refractivity contribution is 5.99. The fourth-order valence-corrected chi connectivity index (χ4v) is 3.39. The minimum atomic E-state index is -0.739. The number of fused-ring (bicyclic) bond motifs is 1. The number of anilines is 1. The van der Waals surface area contributed by atoms with Crippen molar-refractivity contribution in [1.82, 2.24) is 20.2 Å². The molecule has 134 valence electrons. The summed E-state index contributed by atoms with van der Waals surface area (Å²) in [5.41, 5.74) is 1.04. The minimum Gasteiger partial charge on any atom is -0.500 e. The standard InChI is InChI=1S/C15H14N6O5/c1-26-11-6-7(5-9(14(11)23)21(24)25)13-12-8(3-2-4-10(12)22)16-15-17-18-19-20(13)15/h5-6,13,23H,2-4H2,1H3,(H,16,17,19)/t13-/m1/s1. The topological polar surface area (TPSA) is 145 Å². The van der Waals surface area contributed by atoms with Crippen LogP contribution in [0.3, 0.4) is 0 Å². The van der Waals surface area contributed by atoms with E-state index in [0.717, 1.165) is 0 Å². The fraction of sp³-hybridized carbons (Fsp3) is 0.333. The van der Waals surface area contributed by atoms with Crippen molar-refractivity contribution >= 4 is 17.4 Å². The second-order valence-corrected chi connectivity index (χ2v) is 5.99. The lowest BCUT2D eigenvalue weighted by Gasteiger charge is -2.31. The number of benzene rings is 1. The second kappa shape index (κ2) is 5.79. The molecule has 4 rings (SSSR count). The molecular formula is C15H14N6O5. The Morgan fingerprint density at radius 1 is 1.42 bits per heavy atom. The second-order valence-electron chi connectivity index (χ2n) is 5.99. The summed E-state index contributed by atoms with van der Waals surface area (Å²) in [5.74, 6) is -0.359. The quantitative estimate of drug-likeness (QED) is 0.612. The first kappa shape index (κ1) is 16.0. The summed E-state index contributed by atoms with van der Waals surface area (Å²) in [7, 11) is 1.30. The highest BCUT2D eigenvalue weighted by atomic mass is 16.6. The third-order valence-electron chi connectivity index (χ3n) is 4.54. The van der Waals surface area contributed by atoms with Crippen LogP contribution >= 0.6 is 0 Å². The Labute approximate surface area is 146 Å². The molecule has 0 unspecified atom stereocenters. The van der Waals surface area contributed by atoms with Gasteiger partial charge >= 0.3 is 5.69 Å². The van der Waals surface area contributed by atoms with Gasteiger partial charge in [-0.05, 0) is 34.9 Å². The number of allylic oxidation sites excluding steroid dienone is 2. The van der Waals surface area contributed by atoms with Crippen molar-refractivity contribution < 1.29 is 19.6 Å². The van der Waals surface area contributed by atoms with Gasteiger partial charge in [-0.1, -0.05) is 5.10 Å². The van der Waals surface area contributed by atoms with Crippen molar-refractivity contribution in [3.8, 4) is 11.5 Å². The zero-order chi connectivity index (χ0) is 18.4. The number of ketones is 1. The van der Waals surface area contributed by atoms with Gasteiger partial charge in [0.1, 0.15) is 6.04 Å². The molecule has 11 nitrogen and oxygen atoms in total.